The van der Waals surface area contributed by atoms with Gasteiger partial charge in [0.2, 0.25) is 5.91 Å². The number of hydrogen-bond acceptors (Lipinski definition) is 6. The molecule has 9 heteroatoms. The van der Waals surface area contributed by atoms with E-state index in [0.29, 0.717) is 12.2 Å². The van der Waals surface area contributed by atoms with Crippen LogP contribution in [0.3, 0.4) is 0 Å². The van der Waals surface area contributed by atoms with Crippen LogP contribution in [0.4, 0.5) is 4.39 Å². The first-order chi connectivity index (χ1) is 15.6. The predicted molar refractivity (Wildman–Crippen MR) is 126 cm³/mol. The molecule has 3 heterocycles. The summed E-state index contributed by atoms with van der Waals surface area (Å²) in [6.45, 7) is 5.31. The molecule has 1 fully saturated rings. The SMILES string of the molecule is CC(C)(C)OC(=O)C1=C(Cc2ccc(F)cc2)CS[C@@H]2C(NC(=O)Cc3cccs3)C(=O)N12. The van der Waals surface area contributed by atoms with Gasteiger partial charge in [0.1, 0.15) is 28.5 Å². The summed E-state index contributed by atoms with van der Waals surface area (Å²) in [5, 5.41) is 4.35. The number of nitrogens with one attached hydrogen (secondary N) is 1. The van der Waals surface area contributed by atoms with Gasteiger partial charge in [-0.25, -0.2) is 9.18 Å². The number of thioether (sulfide) groups is 1. The second kappa shape index (κ2) is 9.30. The summed E-state index contributed by atoms with van der Waals surface area (Å²) < 4.78 is 18.9. The first kappa shape index (κ1) is 23.5. The number of ether oxygens (including phenoxy) is 1. The molecule has 6 nitrogen and oxygen atoms in total. The van der Waals surface area contributed by atoms with Crippen LogP contribution in [-0.2, 0) is 32.0 Å². The van der Waals surface area contributed by atoms with Crippen molar-refractivity contribution in [3.63, 3.8) is 0 Å². The Labute approximate surface area is 200 Å². The van der Waals surface area contributed by atoms with Crippen molar-refractivity contribution in [2.24, 2.45) is 0 Å². The van der Waals surface area contributed by atoms with Gasteiger partial charge in [-0.05, 0) is 61.9 Å². The second-order valence-electron chi connectivity index (χ2n) is 8.97. The molecule has 2 aliphatic heterocycles. The first-order valence-electron chi connectivity index (χ1n) is 10.6. The van der Waals surface area contributed by atoms with Crippen LogP contribution >= 0.6 is 23.1 Å². The quantitative estimate of drug-likeness (QED) is 0.496. The van der Waals surface area contributed by atoms with Crippen molar-refractivity contribution in [2.75, 3.05) is 5.75 Å². The fourth-order valence-electron chi connectivity index (χ4n) is 3.78. The van der Waals surface area contributed by atoms with E-state index in [9.17, 15) is 18.8 Å². The van der Waals surface area contributed by atoms with E-state index in [4.69, 9.17) is 4.74 Å². The Morgan fingerprint density at radius 2 is 1.94 bits per heavy atom. The van der Waals surface area contributed by atoms with Crippen molar-refractivity contribution in [2.45, 2.75) is 50.6 Å². The molecule has 0 saturated carbocycles. The summed E-state index contributed by atoms with van der Waals surface area (Å²) >= 11 is 2.98. The zero-order valence-electron chi connectivity index (χ0n) is 18.6. The Hall–Kier alpha value is -2.65. The molecule has 1 unspecified atom stereocenters. The number of carbonyl (C=O) groups excluding carboxylic acids is 3. The van der Waals surface area contributed by atoms with Crippen LogP contribution in [0.1, 0.15) is 31.2 Å². The Morgan fingerprint density at radius 3 is 2.58 bits per heavy atom. The van der Waals surface area contributed by atoms with Gasteiger partial charge in [0.25, 0.3) is 5.91 Å². The van der Waals surface area contributed by atoms with Crippen molar-refractivity contribution in [1.82, 2.24) is 10.2 Å². The number of benzene rings is 1. The molecule has 1 N–H and O–H groups in total. The lowest BCUT2D eigenvalue weighted by atomic mass is 9.98. The van der Waals surface area contributed by atoms with Gasteiger partial charge >= 0.3 is 5.97 Å². The highest BCUT2D eigenvalue weighted by molar-refractivity contribution is 8.00. The third-order valence-electron chi connectivity index (χ3n) is 5.20. The van der Waals surface area contributed by atoms with Gasteiger partial charge in [0, 0.05) is 10.6 Å². The number of nitrogens with zero attached hydrogens (tertiary/aromatic N) is 1. The number of halogens is 1. The van der Waals surface area contributed by atoms with E-state index in [1.54, 1.807) is 32.9 Å². The van der Waals surface area contributed by atoms with E-state index in [1.165, 1.54) is 40.1 Å². The van der Waals surface area contributed by atoms with E-state index in [2.05, 4.69) is 5.32 Å². The topological polar surface area (TPSA) is 75.7 Å². The molecule has 0 radical (unpaired) electrons. The van der Waals surface area contributed by atoms with E-state index < -0.39 is 17.6 Å². The maximum atomic E-state index is 13.3. The molecule has 4 rings (SSSR count). The monoisotopic (exact) mass is 488 g/mol. The number of hydrogen-bond donors (Lipinski definition) is 1. The zero-order chi connectivity index (χ0) is 23.8. The van der Waals surface area contributed by atoms with Crippen LogP contribution < -0.4 is 5.32 Å². The number of amides is 2. The molecule has 0 spiro atoms. The summed E-state index contributed by atoms with van der Waals surface area (Å²) in [4.78, 5) is 41.0. The average molecular weight is 489 g/mol. The lowest BCUT2D eigenvalue weighted by Gasteiger charge is -2.50. The van der Waals surface area contributed by atoms with Gasteiger partial charge < -0.3 is 10.1 Å². The summed E-state index contributed by atoms with van der Waals surface area (Å²) in [6, 6.07) is 9.13. The summed E-state index contributed by atoms with van der Waals surface area (Å²) in [5.41, 5.74) is 1.08. The van der Waals surface area contributed by atoms with E-state index >= 15 is 0 Å². The maximum Gasteiger partial charge on any atom is 0.355 e. The minimum atomic E-state index is -0.729. The number of fused-ring (bicyclic) bond motifs is 1. The lowest BCUT2D eigenvalue weighted by molar-refractivity contribution is -0.159. The highest BCUT2D eigenvalue weighted by atomic mass is 32.2. The highest BCUT2D eigenvalue weighted by Gasteiger charge is 2.54. The van der Waals surface area contributed by atoms with Crippen LogP contribution in [-0.4, -0.2) is 45.5 Å². The lowest BCUT2D eigenvalue weighted by Crippen LogP contribution is -2.70. The van der Waals surface area contributed by atoms with Crippen molar-refractivity contribution >= 4 is 40.9 Å². The van der Waals surface area contributed by atoms with Gasteiger partial charge in [-0.2, -0.15) is 0 Å². The standard InChI is InChI=1S/C24H25FN2O4S2/c1-24(2,3)31-23(30)20-15(11-14-6-8-16(25)9-7-14)13-33-22-19(21(29)27(20)22)26-18(28)12-17-5-4-10-32-17/h4-10,19,22H,11-13H2,1-3H3,(H,26,28)/t19?,22-/m1/s1. The fourth-order valence-corrected chi connectivity index (χ4v) is 5.83. The first-order valence-corrected chi connectivity index (χ1v) is 12.5. The number of β-lactam (4-membered cyclic amide) rings is 1. The normalized spacial score (nSPS) is 20.2. The van der Waals surface area contributed by atoms with Crippen molar-refractivity contribution in [1.29, 1.82) is 0 Å². The van der Waals surface area contributed by atoms with Crippen LogP contribution in [0.5, 0.6) is 0 Å². The summed E-state index contributed by atoms with van der Waals surface area (Å²) in [6.07, 6.45) is 0.608. The Morgan fingerprint density at radius 1 is 1.21 bits per heavy atom. The van der Waals surface area contributed by atoms with Crippen LogP contribution in [0, 0.1) is 5.82 Å². The van der Waals surface area contributed by atoms with Crippen LogP contribution in [0.25, 0.3) is 0 Å². The van der Waals surface area contributed by atoms with Crippen molar-refractivity contribution in [3.05, 3.63) is 69.3 Å². The molecule has 2 aromatic rings. The van der Waals surface area contributed by atoms with Crippen LogP contribution in [0.15, 0.2) is 53.0 Å². The molecule has 33 heavy (non-hydrogen) atoms. The molecule has 1 aromatic heterocycles. The van der Waals surface area contributed by atoms with Gasteiger partial charge in [-0.3, -0.25) is 14.5 Å². The number of carbonyl (C=O) groups is 3. The minimum absolute atomic E-state index is 0.212. The second-order valence-corrected chi connectivity index (χ2v) is 11.1. The maximum absolute atomic E-state index is 13.3. The molecule has 0 aliphatic carbocycles. The largest absolute Gasteiger partial charge is 0.455 e. The molecule has 1 saturated heterocycles. The van der Waals surface area contributed by atoms with Crippen molar-refractivity contribution in [3.8, 4) is 0 Å². The number of rotatable bonds is 6. The molecular weight excluding hydrogens is 463 g/mol. The molecule has 1 aromatic carbocycles. The summed E-state index contributed by atoms with van der Waals surface area (Å²) in [5.74, 6) is -0.962. The minimum Gasteiger partial charge on any atom is -0.455 e. The third-order valence-corrected chi connectivity index (χ3v) is 7.42. The summed E-state index contributed by atoms with van der Waals surface area (Å²) in [7, 11) is 0. The Bertz CT molecular complexity index is 1090. The Balaban J connectivity index is 1.55. The molecule has 2 atom stereocenters. The van der Waals surface area contributed by atoms with Gasteiger partial charge in [0.15, 0.2) is 0 Å². The Kier molecular flexibility index (Phi) is 6.63. The predicted octanol–water partition coefficient (Wildman–Crippen LogP) is 3.67. The molecule has 0 bridgehead atoms. The van der Waals surface area contributed by atoms with Gasteiger partial charge in [0.05, 0.1) is 6.42 Å². The van der Waals surface area contributed by atoms with E-state index in [0.717, 1.165) is 16.0 Å². The van der Waals surface area contributed by atoms with E-state index in [-0.39, 0.29) is 35.1 Å². The number of esters is 1. The number of thiophene rings is 1. The third kappa shape index (κ3) is 5.30. The molecule has 2 amide bonds. The average Bonchev–Trinajstić information content (AvgIpc) is 3.25. The molecular formula is C24H25FN2O4S2. The molecule has 2 aliphatic rings. The molecule has 174 valence electrons. The fraction of sp³-hybridized carbons (Fsp3) is 0.375. The van der Waals surface area contributed by atoms with Crippen LogP contribution in [0.2, 0.25) is 0 Å². The van der Waals surface area contributed by atoms with Gasteiger partial charge in [-0.15, -0.1) is 23.1 Å². The van der Waals surface area contributed by atoms with E-state index in [1.807, 2.05) is 17.5 Å². The zero-order valence-corrected chi connectivity index (χ0v) is 20.2. The van der Waals surface area contributed by atoms with Crippen molar-refractivity contribution < 1.29 is 23.5 Å². The highest BCUT2D eigenvalue weighted by Crippen LogP contribution is 2.42. The van der Waals surface area contributed by atoms with Gasteiger partial charge in [-0.1, -0.05) is 18.2 Å². The smallest absolute Gasteiger partial charge is 0.355 e.